The molecule has 1 atom stereocenters. The van der Waals surface area contributed by atoms with E-state index in [1.807, 2.05) is 6.92 Å². The lowest BCUT2D eigenvalue weighted by atomic mass is 10.2. The molecule has 0 spiro atoms. The van der Waals surface area contributed by atoms with Crippen LogP contribution in [-0.2, 0) is 9.53 Å². The van der Waals surface area contributed by atoms with Crippen molar-refractivity contribution >= 4 is 5.91 Å². The molecule has 1 saturated carbocycles. The van der Waals surface area contributed by atoms with E-state index in [-0.39, 0.29) is 11.9 Å². The van der Waals surface area contributed by atoms with Gasteiger partial charge in [0.25, 0.3) is 0 Å². The monoisotopic (exact) mass is 228 g/mol. The van der Waals surface area contributed by atoms with Gasteiger partial charge in [0, 0.05) is 20.3 Å². The number of amides is 1. The van der Waals surface area contributed by atoms with Crippen LogP contribution in [0.1, 0.15) is 32.6 Å². The van der Waals surface area contributed by atoms with Crippen LogP contribution in [0, 0.1) is 5.92 Å². The summed E-state index contributed by atoms with van der Waals surface area (Å²) in [7, 11) is 1.67. The molecule has 0 aliphatic heterocycles. The van der Waals surface area contributed by atoms with Crippen molar-refractivity contribution in [3.8, 4) is 0 Å². The summed E-state index contributed by atoms with van der Waals surface area (Å²) in [5.74, 6) is 1.01. The minimum Gasteiger partial charge on any atom is -0.385 e. The fraction of sp³-hybridized carbons (Fsp3) is 0.917. The number of hydrogen-bond donors (Lipinski definition) is 2. The van der Waals surface area contributed by atoms with Gasteiger partial charge in [0.15, 0.2) is 0 Å². The van der Waals surface area contributed by atoms with Gasteiger partial charge in [-0.2, -0.15) is 0 Å². The summed E-state index contributed by atoms with van der Waals surface area (Å²) in [4.78, 5) is 11.6. The second-order valence-electron chi connectivity index (χ2n) is 4.55. The second kappa shape index (κ2) is 7.63. The van der Waals surface area contributed by atoms with Crippen LogP contribution in [0.4, 0.5) is 0 Å². The summed E-state index contributed by atoms with van der Waals surface area (Å²) in [6, 6.07) is -0.0821. The number of nitrogens with one attached hydrogen (secondary N) is 2. The van der Waals surface area contributed by atoms with E-state index < -0.39 is 0 Å². The lowest BCUT2D eigenvalue weighted by molar-refractivity contribution is -0.122. The molecule has 1 fully saturated rings. The van der Waals surface area contributed by atoms with E-state index >= 15 is 0 Å². The Balaban J connectivity index is 1.95. The highest BCUT2D eigenvalue weighted by atomic mass is 16.5. The predicted molar refractivity (Wildman–Crippen MR) is 64.3 cm³/mol. The zero-order valence-electron chi connectivity index (χ0n) is 10.4. The van der Waals surface area contributed by atoms with Crippen LogP contribution in [0.2, 0.25) is 0 Å². The molecule has 4 heteroatoms. The first-order chi connectivity index (χ1) is 7.74. The molecule has 0 radical (unpaired) electrons. The Morgan fingerprint density at radius 1 is 1.44 bits per heavy atom. The average molecular weight is 228 g/mol. The summed E-state index contributed by atoms with van der Waals surface area (Å²) in [5, 5.41) is 6.14. The summed E-state index contributed by atoms with van der Waals surface area (Å²) >= 11 is 0. The Morgan fingerprint density at radius 3 is 2.81 bits per heavy atom. The molecule has 1 rings (SSSR count). The van der Waals surface area contributed by atoms with Crippen molar-refractivity contribution in [3.63, 3.8) is 0 Å². The van der Waals surface area contributed by atoms with Gasteiger partial charge in [-0.1, -0.05) is 12.8 Å². The first-order valence-corrected chi connectivity index (χ1v) is 6.24. The van der Waals surface area contributed by atoms with Crippen molar-refractivity contribution in [2.75, 3.05) is 26.8 Å². The fourth-order valence-corrected chi connectivity index (χ4v) is 1.58. The molecule has 2 N–H and O–H groups in total. The van der Waals surface area contributed by atoms with Gasteiger partial charge in [0.2, 0.25) is 5.91 Å². The third-order valence-electron chi connectivity index (χ3n) is 2.92. The lowest BCUT2D eigenvalue weighted by Crippen LogP contribution is -2.43. The lowest BCUT2D eigenvalue weighted by Gasteiger charge is -2.13. The normalized spacial score (nSPS) is 17.1. The van der Waals surface area contributed by atoms with E-state index in [1.54, 1.807) is 7.11 Å². The highest BCUT2D eigenvalue weighted by Gasteiger charge is 2.21. The highest BCUT2D eigenvalue weighted by Crippen LogP contribution is 2.31. The molecule has 0 bridgehead atoms. The van der Waals surface area contributed by atoms with Crippen molar-refractivity contribution in [1.29, 1.82) is 0 Å². The minimum absolute atomic E-state index is 0.0821. The molecule has 0 saturated heterocycles. The van der Waals surface area contributed by atoms with Crippen LogP contribution in [0.25, 0.3) is 0 Å². The third-order valence-corrected chi connectivity index (χ3v) is 2.92. The number of rotatable bonds is 9. The predicted octanol–water partition coefficient (Wildman–Crippen LogP) is 0.917. The van der Waals surface area contributed by atoms with E-state index in [1.165, 1.54) is 19.3 Å². The Bertz CT molecular complexity index is 205. The van der Waals surface area contributed by atoms with Crippen LogP contribution in [-0.4, -0.2) is 38.8 Å². The minimum atomic E-state index is -0.0821. The smallest absolute Gasteiger partial charge is 0.236 e. The van der Waals surface area contributed by atoms with E-state index in [0.717, 1.165) is 18.9 Å². The number of carbonyl (C=O) groups is 1. The Hall–Kier alpha value is -0.610. The molecule has 0 aromatic rings. The molecule has 1 unspecified atom stereocenters. The first kappa shape index (κ1) is 13.5. The average Bonchev–Trinajstić information content (AvgIpc) is 3.08. The molecule has 0 heterocycles. The summed E-state index contributed by atoms with van der Waals surface area (Å²) < 4.78 is 4.92. The van der Waals surface area contributed by atoms with Crippen molar-refractivity contribution in [1.82, 2.24) is 10.6 Å². The SMILES string of the molecule is COCCCNC(=O)C(C)NCCC1CC1. The molecule has 94 valence electrons. The summed E-state index contributed by atoms with van der Waals surface area (Å²) in [6.07, 6.45) is 4.83. The quantitative estimate of drug-likeness (QED) is 0.577. The van der Waals surface area contributed by atoms with Crippen LogP contribution in [0.3, 0.4) is 0 Å². The number of carbonyl (C=O) groups excluding carboxylic acids is 1. The summed E-state index contributed by atoms with van der Waals surface area (Å²) in [6.45, 7) is 4.26. The number of ether oxygens (including phenoxy) is 1. The Morgan fingerprint density at radius 2 is 2.19 bits per heavy atom. The Labute approximate surface area is 98.1 Å². The van der Waals surface area contributed by atoms with E-state index in [9.17, 15) is 4.79 Å². The summed E-state index contributed by atoms with van der Waals surface area (Å²) in [5.41, 5.74) is 0. The van der Waals surface area contributed by atoms with Crippen molar-refractivity contribution in [3.05, 3.63) is 0 Å². The van der Waals surface area contributed by atoms with Gasteiger partial charge < -0.3 is 15.4 Å². The van der Waals surface area contributed by atoms with Crippen LogP contribution >= 0.6 is 0 Å². The molecule has 4 nitrogen and oxygen atoms in total. The standard InChI is InChI=1S/C12H24N2O2/c1-10(13-8-6-11-4-5-11)12(15)14-7-3-9-16-2/h10-11,13H,3-9H2,1-2H3,(H,14,15). The molecule has 0 aromatic heterocycles. The van der Waals surface area contributed by atoms with E-state index in [2.05, 4.69) is 10.6 Å². The first-order valence-electron chi connectivity index (χ1n) is 6.24. The van der Waals surface area contributed by atoms with Gasteiger partial charge in [0.1, 0.15) is 0 Å². The zero-order valence-corrected chi connectivity index (χ0v) is 10.4. The maximum atomic E-state index is 11.6. The number of hydrogen-bond acceptors (Lipinski definition) is 3. The molecule has 16 heavy (non-hydrogen) atoms. The maximum Gasteiger partial charge on any atom is 0.236 e. The van der Waals surface area contributed by atoms with Gasteiger partial charge in [-0.05, 0) is 32.2 Å². The molecule has 1 aliphatic rings. The van der Waals surface area contributed by atoms with Crippen LogP contribution in [0.15, 0.2) is 0 Å². The van der Waals surface area contributed by atoms with Gasteiger partial charge in [0.05, 0.1) is 6.04 Å². The highest BCUT2D eigenvalue weighted by molar-refractivity contribution is 5.81. The molecular formula is C12H24N2O2. The molecular weight excluding hydrogens is 204 g/mol. The van der Waals surface area contributed by atoms with Crippen molar-refractivity contribution in [2.45, 2.75) is 38.6 Å². The fourth-order valence-electron chi connectivity index (χ4n) is 1.58. The molecule has 0 aromatic carbocycles. The van der Waals surface area contributed by atoms with Crippen molar-refractivity contribution < 1.29 is 9.53 Å². The van der Waals surface area contributed by atoms with Gasteiger partial charge in [-0.3, -0.25) is 4.79 Å². The zero-order chi connectivity index (χ0) is 11.8. The molecule has 1 amide bonds. The maximum absolute atomic E-state index is 11.6. The topological polar surface area (TPSA) is 50.4 Å². The van der Waals surface area contributed by atoms with E-state index in [4.69, 9.17) is 4.74 Å². The van der Waals surface area contributed by atoms with Gasteiger partial charge in [-0.15, -0.1) is 0 Å². The second-order valence-corrected chi connectivity index (χ2v) is 4.55. The third kappa shape index (κ3) is 6.08. The largest absolute Gasteiger partial charge is 0.385 e. The van der Waals surface area contributed by atoms with E-state index in [0.29, 0.717) is 13.2 Å². The van der Waals surface area contributed by atoms with Gasteiger partial charge in [-0.25, -0.2) is 0 Å². The number of methoxy groups -OCH3 is 1. The van der Waals surface area contributed by atoms with Crippen molar-refractivity contribution in [2.24, 2.45) is 5.92 Å². The van der Waals surface area contributed by atoms with Crippen LogP contribution in [0.5, 0.6) is 0 Å². The molecule has 1 aliphatic carbocycles. The van der Waals surface area contributed by atoms with Crippen LogP contribution < -0.4 is 10.6 Å². The van der Waals surface area contributed by atoms with Gasteiger partial charge >= 0.3 is 0 Å². The Kier molecular flexibility index (Phi) is 6.42.